The molecule has 0 aromatic carbocycles. The Morgan fingerprint density at radius 1 is 1.19 bits per heavy atom. The third kappa shape index (κ3) is 12.0. The fraction of sp³-hybridized carbons (Fsp3) is 1.00. The van der Waals surface area contributed by atoms with E-state index in [0.29, 0.717) is 6.04 Å². The molecule has 0 aromatic rings. The maximum absolute atomic E-state index is 5.42. The third-order valence-electron chi connectivity index (χ3n) is 2.25. The Hall–Kier alpha value is -0.120. The first-order valence-corrected chi connectivity index (χ1v) is 6.52. The maximum atomic E-state index is 5.42. The van der Waals surface area contributed by atoms with Crippen LogP contribution in [0, 0.1) is 0 Å². The highest BCUT2D eigenvalue weighted by Gasteiger charge is 2.10. The van der Waals surface area contributed by atoms with Gasteiger partial charge in [-0.1, -0.05) is 6.92 Å². The molecule has 0 spiro atoms. The van der Waals surface area contributed by atoms with Crippen LogP contribution in [-0.2, 0) is 4.74 Å². The second-order valence-electron chi connectivity index (χ2n) is 5.45. The van der Waals surface area contributed by atoms with E-state index < -0.39 is 0 Å². The molecule has 0 saturated carbocycles. The van der Waals surface area contributed by atoms with Crippen molar-refractivity contribution < 1.29 is 4.74 Å². The summed E-state index contributed by atoms with van der Waals surface area (Å²) < 4.78 is 5.42. The number of nitrogens with one attached hydrogen (secondary N) is 2. The summed E-state index contributed by atoms with van der Waals surface area (Å²) in [5.41, 5.74) is 0.209. The Labute approximate surface area is 101 Å². The van der Waals surface area contributed by atoms with Gasteiger partial charge in [0.15, 0.2) is 0 Å². The van der Waals surface area contributed by atoms with Crippen LogP contribution in [0.25, 0.3) is 0 Å². The number of ether oxygens (including phenoxy) is 1. The summed E-state index contributed by atoms with van der Waals surface area (Å²) in [7, 11) is 0. The second-order valence-corrected chi connectivity index (χ2v) is 5.45. The molecule has 0 rings (SSSR count). The van der Waals surface area contributed by atoms with Gasteiger partial charge in [-0.05, 0) is 47.1 Å². The zero-order chi connectivity index (χ0) is 12.4. The first-order chi connectivity index (χ1) is 7.45. The Kier molecular flexibility index (Phi) is 8.90. The summed E-state index contributed by atoms with van der Waals surface area (Å²) in [5.74, 6) is 0. The van der Waals surface area contributed by atoms with Crippen LogP contribution in [0.15, 0.2) is 0 Å². The van der Waals surface area contributed by atoms with Crippen molar-refractivity contribution in [2.45, 2.75) is 59.0 Å². The van der Waals surface area contributed by atoms with Crippen molar-refractivity contribution in [1.82, 2.24) is 10.6 Å². The smallest absolute Gasteiger partial charge is 0.0478 e. The summed E-state index contributed by atoms with van der Waals surface area (Å²) in [5, 5.41) is 6.98. The largest absolute Gasteiger partial charge is 0.381 e. The van der Waals surface area contributed by atoms with E-state index in [1.54, 1.807) is 0 Å². The van der Waals surface area contributed by atoms with Crippen molar-refractivity contribution in [3.8, 4) is 0 Å². The quantitative estimate of drug-likeness (QED) is 0.596. The van der Waals surface area contributed by atoms with Gasteiger partial charge in [-0.25, -0.2) is 0 Å². The SMILES string of the molecule is CCCOCCCNC(C)CNC(C)(C)C. The summed E-state index contributed by atoms with van der Waals surface area (Å²) in [6.45, 7) is 14.7. The highest BCUT2D eigenvalue weighted by molar-refractivity contribution is 4.74. The van der Waals surface area contributed by atoms with Crippen molar-refractivity contribution in [1.29, 1.82) is 0 Å². The molecule has 0 bridgehead atoms. The predicted molar refractivity (Wildman–Crippen MR) is 70.9 cm³/mol. The Balaban J connectivity index is 3.27. The van der Waals surface area contributed by atoms with E-state index in [1.165, 1.54) is 0 Å². The van der Waals surface area contributed by atoms with E-state index in [0.717, 1.165) is 39.1 Å². The van der Waals surface area contributed by atoms with Gasteiger partial charge in [0, 0.05) is 31.3 Å². The minimum Gasteiger partial charge on any atom is -0.381 e. The Morgan fingerprint density at radius 2 is 1.88 bits per heavy atom. The molecular formula is C13H30N2O. The zero-order valence-corrected chi connectivity index (χ0v) is 11.7. The highest BCUT2D eigenvalue weighted by atomic mass is 16.5. The topological polar surface area (TPSA) is 33.3 Å². The third-order valence-corrected chi connectivity index (χ3v) is 2.25. The summed E-state index contributed by atoms with van der Waals surface area (Å²) >= 11 is 0. The van der Waals surface area contributed by atoms with Crippen molar-refractivity contribution >= 4 is 0 Å². The molecule has 98 valence electrons. The van der Waals surface area contributed by atoms with Crippen molar-refractivity contribution in [2.24, 2.45) is 0 Å². The standard InChI is InChI=1S/C13H30N2O/c1-6-9-16-10-7-8-14-12(2)11-15-13(3,4)5/h12,14-15H,6-11H2,1-5H3. The molecule has 0 amide bonds. The van der Waals surface area contributed by atoms with Crippen LogP contribution in [0.4, 0.5) is 0 Å². The van der Waals surface area contributed by atoms with Gasteiger partial charge in [-0.2, -0.15) is 0 Å². The Morgan fingerprint density at radius 3 is 2.44 bits per heavy atom. The molecular weight excluding hydrogens is 200 g/mol. The predicted octanol–water partition coefficient (Wildman–Crippen LogP) is 2.17. The van der Waals surface area contributed by atoms with Crippen LogP contribution in [0.2, 0.25) is 0 Å². The monoisotopic (exact) mass is 230 g/mol. The molecule has 0 aliphatic carbocycles. The fourth-order valence-electron chi connectivity index (χ4n) is 1.30. The van der Waals surface area contributed by atoms with Crippen LogP contribution >= 0.6 is 0 Å². The van der Waals surface area contributed by atoms with Gasteiger partial charge in [0.1, 0.15) is 0 Å². The average molecular weight is 230 g/mol. The van der Waals surface area contributed by atoms with Gasteiger partial charge in [-0.3, -0.25) is 0 Å². The van der Waals surface area contributed by atoms with Gasteiger partial charge in [0.05, 0.1) is 0 Å². The first kappa shape index (κ1) is 15.9. The molecule has 16 heavy (non-hydrogen) atoms. The van der Waals surface area contributed by atoms with E-state index >= 15 is 0 Å². The van der Waals surface area contributed by atoms with E-state index in [2.05, 4.69) is 45.3 Å². The molecule has 2 N–H and O–H groups in total. The van der Waals surface area contributed by atoms with Gasteiger partial charge in [-0.15, -0.1) is 0 Å². The van der Waals surface area contributed by atoms with E-state index in [4.69, 9.17) is 4.74 Å². The lowest BCUT2D eigenvalue weighted by Crippen LogP contribution is -2.44. The molecule has 1 atom stereocenters. The van der Waals surface area contributed by atoms with E-state index in [-0.39, 0.29) is 5.54 Å². The fourth-order valence-corrected chi connectivity index (χ4v) is 1.30. The molecule has 0 aliphatic heterocycles. The highest BCUT2D eigenvalue weighted by Crippen LogP contribution is 1.98. The van der Waals surface area contributed by atoms with Crippen LogP contribution in [-0.4, -0.2) is 37.9 Å². The van der Waals surface area contributed by atoms with Crippen LogP contribution < -0.4 is 10.6 Å². The summed E-state index contributed by atoms with van der Waals surface area (Å²) in [4.78, 5) is 0. The second kappa shape index (κ2) is 8.97. The lowest BCUT2D eigenvalue weighted by molar-refractivity contribution is 0.131. The van der Waals surface area contributed by atoms with E-state index in [1.807, 2.05) is 0 Å². The van der Waals surface area contributed by atoms with Crippen LogP contribution in [0.5, 0.6) is 0 Å². The maximum Gasteiger partial charge on any atom is 0.0478 e. The van der Waals surface area contributed by atoms with Crippen LogP contribution in [0.3, 0.4) is 0 Å². The van der Waals surface area contributed by atoms with Crippen LogP contribution in [0.1, 0.15) is 47.5 Å². The van der Waals surface area contributed by atoms with Gasteiger partial charge < -0.3 is 15.4 Å². The summed E-state index contributed by atoms with van der Waals surface area (Å²) in [6, 6.07) is 0.519. The summed E-state index contributed by atoms with van der Waals surface area (Å²) in [6.07, 6.45) is 2.21. The molecule has 0 aromatic heterocycles. The Bertz CT molecular complexity index is 155. The molecule has 0 aliphatic rings. The van der Waals surface area contributed by atoms with Gasteiger partial charge >= 0.3 is 0 Å². The number of rotatable bonds is 9. The molecule has 3 heteroatoms. The lowest BCUT2D eigenvalue weighted by atomic mass is 10.1. The van der Waals surface area contributed by atoms with Crippen molar-refractivity contribution in [3.05, 3.63) is 0 Å². The minimum absolute atomic E-state index is 0.209. The molecule has 0 fully saturated rings. The number of hydrogen-bond acceptors (Lipinski definition) is 3. The van der Waals surface area contributed by atoms with Gasteiger partial charge in [0.2, 0.25) is 0 Å². The molecule has 1 unspecified atom stereocenters. The number of hydrogen-bond donors (Lipinski definition) is 2. The molecule has 0 heterocycles. The van der Waals surface area contributed by atoms with Crippen molar-refractivity contribution in [2.75, 3.05) is 26.3 Å². The van der Waals surface area contributed by atoms with E-state index in [9.17, 15) is 0 Å². The lowest BCUT2D eigenvalue weighted by Gasteiger charge is -2.24. The zero-order valence-electron chi connectivity index (χ0n) is 11.7. The van der Waals surface area contributed by atoms with Gasteiger partial charge in [0.25, 0.3) is 0 Å². The first-order valence-electron chi connectivity index (χ1n) is 6.52. The van der Waals surface area contributed by atoms with Crippen molar-refractivity contribution in [3.63, 3.8) is 0 Å². The minimum atomic E-state index is 0.209. The molecule has 0 radical (unpaired) electrons. The average Bonchev–Trinajstić information content (AvgIpc) is 2.19. The molecule has 0 saturated heterocycles. The molecule has 3 nitrogen and oxygen atoms in total. The normalized spacial score (nSPS) is 14.1.